The molecule has 2 N–H and O–H groups in total. The standard InChI is InChI=1S/C13H22N4O2S/c1-11-9-12(6-7-15-11)16-20(18,19)17-8-4-3-5-13(17)10-14-2/h6-7,9,13-14H,3-5,8,10H2,1-2H3,(H,15,16). The molecule has 0 aromatic carbocycles. The normalized spacial score (nSPS) is 20.8. The van der Waals surface area contributed by atoms with Crippen molar-refractivity contribution >= 4 is 15.9 Å². The summed E-state index contributed by atoms with van der Waals surface area (Å²) in [6.07, 6.45) is 4.49. The zero-order chi connectivity index (χ0) is 14.6. The molecule has 1 saturated heterocycles. The summed E-state index contributed by atoms with van der Waals surface area (Å²) < 4.78 is 29.3. The molecular formula is C13H22N4O2S. The van der Waals surface area contributed by atoms with Gasteiger partial charge in [-0.25, -0.2) is 0 Å². The molecule has 0 saturated carbocycles. The number of piperidine rings is 1. The Morgan fingerprint density at radius 3 is 2.95 bits per heavy atom. The lowest BCUT2D eigenvalue weighted by Gasteiger charge is -2.34. The van der Waals surface area contributed by atoms with Crippen LogP contribution in [-0.2, 0) is 10.2 Å². The predicted molar refractivity (Wildman–Crippen MR) is 79.8 cm³/mol. The van der Waals surface area contributed by atoms with E-state index in [-0.39, 0.29) is 6.04 Å². The van der Waals surface area contributed by atoms with Crippen molar-refractivity contribution in [1.82, 2.24) is 14.6 Å². The maximum Gasteiger partial charge on any atom is 0.301 e. The minimum Gasteiger partial charge on any atom is -0.318 e. The smallest absolute Gasteiger partial charge is 0.301 e. The van der Waals surface area contributed by atoms with Gasteiger partial charge in [0.25, 0.3) is 0 Å². The van der Waals surface area contributed by atoms with Gasteiger partial charge in [-0.3, -0.25) is 9.71 Å². The van der Waals surface area contributed by atoms with Crippen molar-refractivity contribution in [2.24, 2.45) is 0 Å². The first-order valence-corrected chi connectivity index (χ1v) is 8.34. The van der Waals surface area contributed by atoms with Crippen molar-refractivity contribution in [2.45, 2.75) is 32.2 Å². The Labute approximate surface area is 120 Å². The van der Waals surface area contributed by atoms with Crippen molar-refractivity contribution in [3.63, 3.8) is 0 Å². The fourth-order valence-electron chi connectivity index (χ4n) is 2.55. The molecule has 7 heteroatoms. The maximum absolute atomic E-state index is 12.5. The Hall–Kier alpha value is -1.18. The second-order valence-electron chi connectivity index (χ2n) is 5.11. The highest BCUT2D eigenvalue weighted by molar-refractivity contribution is 7.90. The molecule has 1 atom stereocenters. The summed E-state index contributed by atoms with van der Waals surface area (Å²) in [7, 11) is -1.66. The molecule has 1 aliphatic rings. The Bertz CT molecular complexity index is 545. The van der Waals surface area contributed by atoms with E-state index in [0.29, 0.717) is 18.8 Å². The maximum atomic E-state index is 12.5. The van der Waals surface area contributed by atoms with E-state index < -0.39 is 10.2 Å². The summed E-state index contributed by atoms with van der Waals surface area (Å²) in [5.41, 5.74) is 1.35. The molecule has 1 aromatic rings. The molecule has 1 fully saturated rings. The Morgan fingerprint density at radius 1 is 1.45 bits per heavy atom. The van der Waals surface area contributed by atoms with Gasteiger partial charge in [-0.05, 0) is 38.9 Å². The summed E-state index contributed by atoms with van der Waals surface area (Å²) in [6.45, 7) is 3.09. The topological polar surface area (TPSA) is 74.3 Å². The highest BCUT2D eigenvalue weighted by Gasteiger charge is 2.31. The van der Waals surface area contributed by atoms with Gasteiger partial charge < -0.3 is 5.32 Å². The molecule has 20 heavy (non-hydrogen) atoms. The summed E-state index contributed by atoms with van der Waals surface area (Å²) in [6, 6.07) is 3.42. The summed E-state index contributed by atoms with van der Waals surface area (Å²) in [5, 5.41) is 3.07. The predicted octanol–water partition coefficient (Wildman–Crippen LogP) is 1.12. The van der Waals surface area contributed by atoms with E-state index in [2.05, 4.69) is 15.0 Å². The van der Waals surface area contributed by atoms with Crippen LogP contribution in [0.25, 0.3) is 0 Å². The van der Waals surface area contributed by atoms with Gasteiger partial charge in [0.1, 0.15) is 0 Å². The molecule has 112 valence electrons. The van der Waals surface area contributed by atoms with Crippen LogP contribution in [0.4, 0.5) is 5.69 Å². The molecule has 1 unspecified atom stereocenters. The number of aryl methyl sites for hydroxylation is 1. The number of aromatic nitrogens is 1. The first-order chi connectivity index (χ1) is 9.53. The summed E-state index contributed by atoms with van der Waals surface area (Å²) in [5.74, 6) is 0. The summed E-state index contributed by atoms with van der Waals surface area (Å²) in [4.78, 5) is 4.07. The van der Waals surface area contributed by atoms with Crippen molar-refractivity contribution < 1.29 is 8.42 Å². The zero-order valence-electron chi connectivity index (χ0n) is 12.0. The third kappa shape index (κ3) is 3.68. The fraction of sp³-hybridized carbons (Fsp3) is 0.615. The molecule has 0 spiro atoms. The monoisotopic (exact) mass is 298 g/mol. The van der Waals surface area contributed by atoms with Crippen LogP contribution in [0.15, 0.2) is 18.3 Å². The van der Waals surface area contributed by atoms with Crippen molar-refractivity contribution in [2.75, 3.05) is 24.9 Å². The molecule has 0 amide bonds. The van der Waals surface area contributed by atoms with Crippen LogP contribution in [0.3, 0.4) is 0 Å². The average molecular weight is 298 g/mol. The molecule has 0 radical (unpaired) electrons. The van der Waals surface area contributed by atoms with Crippen molar-refractivity contribution in [1.29, 1.82) is 0 Å². The number of hydrogen-bond acceptors (Lipinski definition) is 4. The average Bonchev–Trinajstić information content (AvgIpc) is 2.39. The number of likely N-dealkylation sites (N-methyl/N-ethyl adjacent to an activating group) is 1. The van der Waals surface area contributed by atoms with Crippen LogP contribution in [0, 0.1) is 6.92 Å². The SMILES string of the molecule is CNCC1CCCCN1S(=O)(=O)Nc1ccnc(C)c1. The highest BCUT2D eigenvalue weighted by Crippen LogP contribution is 2.21. The third-order valence-corrected chi connectivity index (χ3v) is 5.06. The van der Waals surface area contributed by atoms with Gasteiger partial charge in [0.15, 0.2) is 0 Å². The third-order valence-electron chi connectivity index (χ3n) is 3.47. The van der Waals surface area contributed by atoms with Gasteiger partial charge in [0.2, 0.25) is 0 Å². The second-order valence-corrected chi connectivity index (χ2v) is 6.73. The first-order valence-electron chi connectivity index (χ1n) is 6.90. The molecule has 1 aliphatic heterocycles. The van der Waals surface area contributed by atoms with Gasteiger partial charge in [-0.1, -0.05) is 6.42 Å². The highest BCUT2D eigenvalue weighted by atomic mass is 32.2. The van der Waals surface area contributed by atoms with E-state index in [9.17, 15) is 8.42 Å². The lowest BCUT2D eigenvalue weighted by Crippen LogP contribution is -2.49. The van der Waals surface area contributed by atoms with Gasteiger partial charge in [-0.2, -0.15) is 12.7 Å². The largest absolute Gasteiger partial charge is 0.318 e. The Morgan fingerprint density at radius 2 is 2.25 bits per heavy atom. The Balaban J connectivity index is 2.15. The lowest BCUT2D eigenvalue weighted by molar-refractivity contribution is 0.250. The quantitative estimate of drug-likeness (QED) is 0.854. The van der Waals surface area contributed by atoms with Crippen LogP contribution in [0.5, 0.6) is 0 Å². The van der Waals surface area contributed by atoms with E-state index in [4.69, 9.17) is 0 Å². The van der Waals surface area contributed by atoms with Gasteiger partial charge in [0.05, 0.1) is 5.69 Å². The molecule has 2 rings (SSSR count). The second kappa shape index (κ2) is 6.51. The van der Waals surface area contributed by atoms with Gasteiger partial charge >= 0.3 is 10.2 Å². The molecule has 0 bridgehead atoms. The van der Waals surface area contributed by atoms with Crippen molar-refractivity contribution in [3.8, 4) is 0 Å². The molecule has 6 nitrogen and oxygen atoms in total. The molecule has 0 aliphatic carbocycles. The van der Waals surface area contributed by atoms with E-state index in [1.807, 2.05) is 14.0 Å². The molecule has 2 heterocycles. The minimum atomic E-state index is -3.51. The number of pyridine rings is 1. The lowest BCUT2D eigenvalue weighted by atomic mass is 10.1. The van der Waals surface area contributed by atoms with Crippen molar-refractivity contribution in [3.05, 3.63) is 24.0 Å². The van der Waals surface area contributed by atoms with Crippen LogP contribution >= 0.6 is 0 Å². The van der Waals surface area contributed by atoms with Gasteiger partial charge in [0, 0.05) is 31.0 Å². The van der Waals surface area contributed by atoms with Crippen LogP contribution in [0.2, 0.25) is 0 Å². The number of rotatable bonds is 5. The van der Waals surface area contributed by atoms with Crippen LogP contribution < -0.4 is 10.0 Å². The Kier molecular flexibility index (Phi) is 4.95. The van der Waals surface area contributed by atoms with Crippen LogP contribution in [-0.4, -0.2) is 43.9 Å². The van der Waals surface area contributed by atoms with E-state index in [0.717, 1.165) is 25.0 Å². The number of nitrogens with one attached hydrogen (secondary N) is 2. The zero-order valence-corrected chi connectivity index (χ0v) is 12.8. The first kappa shape index (κ1) is 15.2. The minimum absolute atomic E-state index is 0.0224. The van der Waals surface area contributed by atoms with E-state index in [1.165, 1.54) is 0 Å². The molecule has 1 aromatic heterocycles. The van der Waals surface area contributed by atoms with Crippen LogP contribution in [0.1, 0.15) is 25.0 Å². The molecular weight excluding hydrogens is 276 g/mol. The summed E-state index contributed by atoms with van der Waals surface area (Å²) >= 11 is 0. The van der Waals surface area contributed by atoms with E-state index >= 15 is 0 Å². The number of hydrogen-bond donors (Lipinski definition) is 2. The fourth-order valence-corrected chi connectivity index (χ4v) is 4.03. The van der Waals surface area contributed by atoms with Gasteiger partial charge in [-0.15, -0.1) is 0 Å². The van der Waals surface area contributed by atoms with E-state index in [1.54, 1.807) is 22.6 Å². The number of nitrogens with zero attached hydrogens (tertiary/aromatic N) is 2. The number of anilines is 1.